The minimum Gasteiger partial charge on any atom is -0.364 e. The van der Waals surface area contributed by atoms with Crippen molar-refractivity contribution in [3.63, 3.8) is 0 Å². The van der Waals surface area contributed by atoms with E-state index in [1.807, 2.05) is 30.3 Å². The Morgan fingerprint density at radius 1 is 1.07 bits per heavy atom. The van der Waals surface area contributed by atoms with Crippen LogP contribution in [0.15, 0.2) is 48.9 Å². The van der Waals surface area contributed by atoms with Crippen molar-refractivity contribution in [1.82, 2.24) is 25.1 Å². The number of hydrogen-bond donors (Lipinski definition) is 2. The largest absolute Gasteiger partial charge is 0.364 e. The van der Waals surface area contributed by atoms with E-state index in [0.717, 1.165) is 29.3 Å². The van der Waals surface area contributed by atoms with Crippen LogP contribution >= 0.6 is 0 Å². The lowest BCUT2D eigenvalue weighted by Crippen LogP contribution is -2.16. The molecule has 1 aliphatic carbocycles. The van der Waals surface area contributed by atoms with E-state index in [0.29, 0.717) is 23.0 Å². The van der Waals surface area contributed by atoms with Crippen molar-refractivity contribution in [1.29, 1.82) is 0 Å². The number of rotatable bonds is 4. The summed E-state index contributed by atoms with van der Waals surface area (Å²) in [6.45, 7) is 0. The van der Waals surface area contributed by atoms with Crippen LogP contribution in [0, 0.1) is 0 Å². The number of pyridine rings is 2. The van der Waals surface area contributed by atoms with Crippen molar-refractivity contribution in [3.05, 3.63) is 60.2 Å². The molecule has 1 aliphatic rings. The van der Waals surface area contributed by atoms with Gasteiger partial charge in [-0.1, -0.05) is 18.2 Å². The summed E-state index contributed by atoms with van der Waals surface area (Å²) in [5.41, 5.74) is 9.79. The van der Waals surface area contributed by atoms with E-state index in [1.54, 1.807) is 6.20 Å². The van der Waals surface area contributed by atoms with Gasteiger partial charge in [0.1, 0.15) is 12.0 Å². The summed E-state index contributed by atoms with van der Waals surface area (Å²) in [7, 11) is 0. The molecule has 0 saturated heterocycles. The van der Waals surface area contributed by atoms with Crippen molar-refractivity contribution in [2.75, 3.05) is 0 Å². The molecule has 7 heteroatoms. The Morgan fingerprint density at radius 2 is 1.96 bits per heavy atom. The lowest BCUT2D eigenvalue weighted by atomic mass is 9.92. The highest BCUT2D eigenvalue weighted by molar-refractivity contribution is 6.10. The monoisotopic (exact) mass is 356 g/mol. The van der Waals surface area contributed by atoms with Crippen LogP contribution in [0.25, 0.3) is 33.5 Å². The molecular formula is C20H16N6O. The Kier molecular flexibility index (Phi) is 3.46. The van der Waals surface area contributed by atoms with Gasteiger partial charge in [-0.2, -0.15) is 5.10 Å². The standard InChI is InChI=1S/C20H16N6O/c21-19(27)18-16(13-5-1-2-9-22-13)17(20-23-10-24-26-20)15-12(11-7-8-11)4-3-6-14(15)25-18/h1-6,9-11H,7-8H2,(H2,21,27)(H,23,24,26). The van der Waals surface area contributed by atoms with Crippen molar-refractivity contribution in [3.8, 4) is 22.6 Å². The fourth-order valence-corrected chi connectivity index (χ4v) is 3.58. The van der Waals surface area contributed by atoms with Gasteiger partial charge >= 0.3 is 0 Å². The van der Waals surface area contributed by atoms with Crippen LogP contribution in [0.2, 0.25) is 0 Å². The van der Waals surface area contributed by atoms with Crippen LogP contribution < -0.4 is 5.73 Å². The molecule has 132 valence electrons. The summed E-state index contributed by atoms with van der Waals surface area (Å²) in [6, 6.07) is 11.5. The molecule has 0 unspecified atom stereocenters. The van der Waals surface area contributed by atoms with Crippen LogP contribution in [0.3, 0.4) is 0 Å². The Hall–Kier alpha value is -3.61. The van der Waals surface area contributed by atoms with E-state index < -0.39 is 5.91 Å². The van der Waals surface area contributed by atoms with E-state index >= 15 is 0 Å². The zero-order valence-electron chi connectivity index (χ0n) is 14.4. The first-order valence-electron chi connectivity index (χ1n) is 8.77. The number of primary amides is 1. The molecule has 0 aliphatic heterocycles. The lowest BCUT2D eigenvalue weighted by molar-refractivity contribution is 0.0996. The summed E-state index contributed by atoms with van der Waals surface area (Å²) >= 11 is 0. The summed E-state index contributed by atoms with van der Waals surface area (Å²) in [5.74, 6) is 0.460. The van der Waals surface area contributed by atoms with Gasteiger partial charge in [0.25, 0.3) is 5.91 Å². The number of aromatic nitrogens is 5. The van der Waals surface area contributed by atoms with Crippen molar-refractivity contribution < 1.29 is 4.79 Å². The molecule has 1 fully saturated rings. The molecule has 7 nitrogen and oxygen atoms in total. The number of carbonyl (C=O) groups excluding carboxylic acids is 1. The Balaban J connectivity index is 1.99. The van der Waals surface area contributed by atoms with E-state index in [4.69, 9.17) is 5.73 Å². The van der Waals surface area contributed by atoms with Crippen molar-refractivity contribution in [2.45, 2.75) is 18.8 Å². The van der Waals surface area contributed by atoms with Gasteiger partial charge in [-0.05, 0) is 42.5 Å². The van der Waals surface area contributed by atoms with Gasteiger partial charge in [0.15, 0.2) is 5.82 Å². The third kappa shape index (κ3) is 2.55. The van der Waals surface area contributed by atoms with Crippen LogP contribution in [0.1, 0.15) is 34.8 Å². The fourth-order valence-electron chi connectivity index (χ4n) is 3.58. The lowest BCUT2D eigenvalue weighted by Gasteiger charge is -2.16. The molecule has 1 aromatic carbocycles. The third-order valence-electron chi connectivity index (χ3n) is 4.87. The number of benzene rings is 1. The van der Waals surface area contributed by atoms with Gasteiger partial charge < -0.3 is 5.73 Å². The number of H-pyrrole nitrogens is 1. The average molecular weight is 356 g/mol. The van der Waals surface area contributed by atoms with Crippen molar-refractivity contribution in [2.24, 2.45) is 5.73 Å². The Labute approximate surface area is 154 Å². The Bertz CT molecular complexity index is 1150. The van der Waals surface area contributed by atoms with Gasteiger partial charge in [-0.15, -0.1) is 0 Å². The van der Waals surface area contributed by atoms with Gasteiger partial charge in [0.2, 0.25) is 0 Å². The smallest absolute Gasteiger partial charge is 0.268 e. The number of carbonyl (C=O) groups is 1. The second-order valence-electron chi connectivity index (χ2n) is 6.64. The molecule has 1 amide bonds. The summed E-state index contributed by atoms with van der Waals surface area (Å²) < 4.78 is 0. The van der Waals surface area contributed by atoms with Gasteiger partial charge in [-0.3, -0.25) is 14.9 Å². The molecule has 0 spiro atoms. The molecule has 0 atom stereocenters. The topological polar surface area (TPSA) is 110 Å². The maximum absolute atomic E-state index is 12.3. The number of aromatic amines is 1. The minimum absolute atomic E-state index is 0.181. The van der Waals surface area contributed by atoms with E-state index in [-0.39, 0.29) is 5.69 Å². The highest BCUT2D eigenvalue weighted by atomic mass is 16.1. The fraction of sp³-hybridized carbons (Fsp3) is 0.150. The second-order valence-corrected chi connectivity index (χ2v) is 6.64. The summed E-state index contributed by atoms with van der Waals surface area (Å²) in [5, 5.41) is 7.93. The third-order valence-corrected chi connectivity index (χ3v) is 4.87. The van der Waals surface area contributed by atoms with E-state index in [9.17, 15) is 4.79 Å². The Morgan fingerprint density at radius 3 is 2.63 bits per heavy atom. The highest BCUT2D eigenvalue weighted by Crippen LogP contribution is 2.47. The SMILES string of the molecule is NC(=O)c1nc2cccc(C3CC3)c2c(-c2ncn[nH]2)c1-c1ccccn1. The van der Waals surface area contributed by atoms with Crippen LogP contribution in [0.5, 0.6) is 0 Å². The maximum atomic E-state index is 12.3. The quantitative estimate of drug-likeness (QED) is 0.584. The molecule has 3 N–H and O–H groups in total. The molecule has 27 heavy (non-hydrogen) atoms. The second kappa shape index (κ2) is 5.98. The molecule has 4 aromatic rings. The predicted molar refractivity (Wildman–Crippen MR) is 101 cm³/mol. The maximum Gasteiger partial charge on any atom is 0.268 e. The van der Waals surface area contributed by atoms with Crippen molar-refractivity contribution >= 4 is 16.8 Å². The molecule has 1 saturated carbocycles. The number of amides is 1. The van der Waals surface area contributed by atoms with Crippen LogP contribution in [-0.4, -0.2) is 31.1 Å². The van der Waals surface area contributed by atoms with Gasteiger partial charge in [-0.25, -0.2) is 9.97 Å². The van der Waals surface area contributed by atoms with Gasteiger partial charge in [0.05, 0.1) is 11.2 Å². The predicted octanol–water partition coefficient (Wildman–Crippen LogP) is 3.06. The summed E-state index contributed by atoms with van der Waals surface area (Å²) in [6.07, 6.45) is 5.42. The van der Waals surface area contributed by atoms with Crippen LogP contribution in [-0.2, 0) is 0 Å². The van der Waals surface area contributed by atoms with E-state index in [2.05, 4.69) is 31.2 Å². The number of nitrogens with one attached hydrogen (secondary N) is 1. The molecule has 3 aromatic heterocycles. The normalized spacial score (nSPS) is 13.8. The average Bonchev–Trinajstić information content (AvgIpc) is 3.40. The van der Waals surface area contributed by atoms with Crippen LogP contribution in [0.4, 0.5) is 0 Å². The number of nitrogens with two attached hydrogens (primary N) is 1. The highest BCUT2D eigenvalue weighted by Gasteiger charge is 2.30. The van der Waals surface area contributed by atoms with E-state index in [1.165, 1.54) is 11.9 Å². The first-order valence-corrected chi connectivity index (χ1v) is 8.77. The number of nitrogens with zero attached hydrogens (tertiary/aromatic N) is 4. The molecular weight excluding hydrogens is 340 g/mol. The first kappa shape index (κ1) is 15.6. The molecule has 0 bridgehead atoms. The molecule has 3 heterocycles. The molecule has 5 rings (SSSR count). The molecule has 0 radical (unpaired) electrons. The number of hydrogen-bond acceptors (Lipinski definition) is 5. The first-order chi connectivity index (χ1) is 13.2. The minimum atomic E-state index is -0.602. The zero-order chi connectivity index (χ0) is 18.4. The summed E-state index contributed by atoms with van der Waals surface area (Å²) in [4.78, 5) is 25.7. The van der Waals surface area contributed by atoms with Gasteiger partial charge in [0, 0.05) is 22.7 Å². The number of fused-ring (bicyclic) bond motifs is 1. The zero-order valence-corrected chi connectivity index (χ0v) is 14.4.